The fraction of sp³-hybridized carbons (Fsp3) is 0.333. The molecule has 0 N–H and O–H groups in total. The van der Waals surface area contributed by atoms with Crippen LogP contribution in [0.4, 0.5) is 8.78 Å². The van der Waals surface area contributed by atoms with Gasteiger partial charge >= 0.3 is 12.3 Å². The lowest BCUT2D eigenvalue weighted by Crippen LogP contribution is -2.38. The number of likely N-dealkylation sites (N-methyl/N-ethyl adjacent to an activating group) is 1. The smallest absolute Gasteiger partial charge is 0.387 e. The molecule has 2 heterocycles. The third-order valence-electron chi connectivity index (χ3n) is 4.58. The second-order valence-electron chi connectivity index (χ2n) is 6.62. The summed E-state index contributed by atoms with van der Waals surface area (Å²) in [4.78, 5) is 42.9. The number of hydrogen-bond donors (Lipinski definition) is 0. The van der Waals surface area contributed by atoms with Crippen LogP contribution in [0.25, 0.3) is 11.2 Å². The Hall–Kier alpha value is -3.02. The number of ether oxygens (including phenoxy) is 1. The molecule has 1 aromatic carbocycles. The van der Waals surface area contributed by atoms with Crippen molar-refractivity contribution in [1.82, 2.24) is 23.6 Å². The highest BCUT2D eigenvalue weighted by Gasteiger charge is 2.20. The van der Waals surface area contributed by atoms with Crippen LogP contribution >= 0.6 is 15.9 Å². The lowest BCUT2D eigenvalue weighted by Gasteiger charge is -2.19. The molecule has 3 aromatic rings. The van der Waals surface area contributed by atoms with Crippen LogP contribution in [0.2, 0.25) is 0 Å². The monoisotopic (exact) mass is 485 g/mol. The zero-order chi connectivity index (χ0) is 22.2. The van der Waals surface area contributed by atoms with E-state index < -0.39 is 17.9 Å². The van der Waals surface area contributed by atoms with Crippen molar-refractivity contribution in [2.24, 2.45) is 14.1 Å². The van der Waals surface area contributed by atoms with Gasteiger partial charge in [0.1, 0.15) is 12.3 Å². The van der Waals surface area contributed by atoms with Crippen LogP contribution < -0.4 is 16.0 Å². The van der Waals surface area contributed by atoms with Gasteiger partial charge in [-0.3, -0.25) is 23.3 Å². The van der Waals surface area contributed by atoms with Gasteiger partial charge < -0.3 is 9.64 Å². The van der Waals surface area contributed by atoms with E-state index in [0.29, 0.717) is 5.56 Å². The SMILES string of the molecule is CN(Cc1ccc(OC(F)F)cc1)C(=O)Cn1c(Br)nc2c(=O)n(C)c(=O)n(C)c21. The lowest BCUT2D eigenvalue weighted by molar-refractivity contribution is -0.131. The minimum absolute atomic E-state index is 0.0269. The number of aryl methyl sites for hydroxylation is 1. The minimum atomic E-state index is -2.91. The zero-order valence-corrected chi connectivity index (χ0v) is 17.9. The second-order valence-corrected chi connectivity index (χ2v) is 7.33. The van der Waals surface area contributed by atoms with Crippen LogP contribution in [-0.4, -0.2) is 43.2 Å². The third-order valence-corrected chi connectivity index (χ3v) is 5.19. The van der Waals surface area contributed by atoms with Gasteiger partial charge in [-0.2, -0.15) is 8.78 Å². The molecule has 0 atom stereocenters. The van der Waals surface area contributed by atoms with E-state index in [1.54, 1.807) is 19.2 Å². The van der Waals surface area contributed by atoms with E-state index in [4.69, 9.17) is 0 Å². The molecule has 0 aliphatic rings. The highest BCUT2D eigenvalue weighted by molar-refractivity contribution is 9.10. The molecule has 0 aliphatic heterocycles. The Morgan fingerprint density at radius 1 is 1.20 bits per heavy atom. The summed E-state index contributed by atoms with van der Waals surface area (Å²) in [5, 5.41) is 0. The van der Waals surface area contributed by atoms with Crippen molar-refractivity contribution in [2.45, 2.75) is 19.7 Å². The van der Waals surface area contributed by atoms with Crippen LogP contribution in [-0.2, 0) is 32.0 Å². The highest BCUT2D eigenvalue weighted by Crippen LogP contribution is 2.18. The van der Waals surface area contributed by atoms with E-state index >= 15 is 0 Å². The number of fused-ring (bicyclic) bond motifs is 1. The first kappa shape index (κ1) is 21.7. The third kappa shape index (κ3) is 4.13. The average molecular weight is 486 g/mol. The molecular formula is C18H18BrF2N5O4. The van der Waals surface area contributed by atoms with E-state index in [9.17, 15) is 23.2 Å². The Balaban J connectivity index is 1.82. The number of aromatic nitrogens is 4. The molecule has 0 spiro atoms. The molecule has 3 rings (SSSR count). The molecule has 0 saturated heterocycles. The molecular weight excluding hydrogens is 468 g/mol. The molecule has 0 radical (unpaired) electrons. The number of halogens is 3. The van der Waals surface area contributed by atoms with Gasteiger partial charge in [-0.1, -0.05) is 12.1 Å². The van der Waals surface area contributed by atoms with Crippen LogP contribution in [0.15, 0.2) is 38.6 Å². The number of imidazole rings is 1. The highest BCUT2D eigenvalue weighted by atomic mass is 79.9. The molecule has 160 valence electrons. The van der Waals surface area contributed by atoms with E-state index in [1.807, 2.05) is 0 Å². The van der Waals surface area contributed by atoms with Crippen molar-refractivity contribution in [1.29, 1.82) is 0 Å². The summed E-state index contributed by atoms with van der Waals surface area (Å²) in [7, 11) is 4.43. The van der Waals surface area contributed by atoms with Crippen molar-refractivity contribution in [3.63, 3.8) is 0 Å². The number of nitrogens with zero attached hydrogens (tertiary/aromatic N) is 5. The maximum absolute atomic E-state index is 12.7. The number of benzene rings is 1. The molecule has 1 amide bonds. The number of alkyl halides is 2. The summed E-state index contributed by atoms with van der Waals surface area (Å²) in [5.74, 6) is -0.282. The molecule has 0 fully saturated rings. The van der Waals surface area contributed by atoms with Crippen molar-refractivity contribution < 1.29 is 18.3 Å². The van der Waals surface area contributed by atoms with Crippen molar-refractivity contribution in [2.75, 3.05) is 7.05 Å². The number of amides is 1. The fourth-order valence-corrected chi connectivity index (χ4v) is 3.47. The van der Waals surface area contributed by atoms with E-state index in [1.165, 1.54) is 40.3 Å². The Morgan fingerprint density at radius 2 is 1.83 bits per heavy atom. The minimum Gasteiger partial charge on any atom is -0.435 e. The topological polar surface area (TPSA) is 91.4 Å². The Bertz CT molecular complexity index is 1220. The van der Waals surface area contributed by atoms with Crippen molar-refractivity contribution >= 4 is 33.0 Å². The van der Waals surface area contributed by atoms with Gasteiger partial charge in [0.15, 0.2) is 15.9 Å². The van der Waals surface area contributed by atoms with Gasteiger partial charge in [-0.25, -0.2) is 9.78 Å². The van der Waals surface area contributed by atoms with Gasteiger partial charge in [0.05, 0.1) is 0 Å². The van der Waals surface area contributed by atoms with Crippen LogP contribution in [0, 0.1) is 0 Å². The summed E-state index contributed by atoms with van der Waals surface area (Å²) in [6.45, 7) is -2.85. The maximum Gasteiger partial charge on any atom is 0.387 e. The maximum atomic E-state index is 12.7. The first-order chi connectivity index (χ1) is 14.1. The quantitative estimate of drug-likeness (QED) is 0.493. The first-order valence-corrected chi connectivity index (χ1v) is 9.49. The number of carbonyl (C=O) groups excluding carboxylic acids is 1. The number of carbonyl (C=O) groups is 1. The van der Waals surface area contributed by atoms with E-state index in [2.05, 4.69) is 25.7 Å². The summed E-state index contributed by atoms with van der Waals surface area (Å²) in [6, 6.07) is 5.95. The van der Waals surface area contributed by atoms with Gasteiger partial charge in [-0.15, -0.1) is 0 Å². The van der Waals surface area contributed by atoms with Gasteiger partial charge in [-0.05, 0) is 33.6 Å². The summed E-state index contributed by atoms with van der Waals surface area (Å²) in [5.41, 5.74) is -0.0856. The predicted molar refractivity (Wildman–Crippen MR) is 107 cm³/mol. The van der Waals surface area contributed by atoms with Gasteiger partial charge in [0, 0.05) is 27.7 Å². The van der Waals surface area contributed by atoms with Crippen molar-refractivity contribution in [3.05, 3.63) is 55.4 Å². The first-order valence-electron chi connectivity index (χ1n) is 8.69. The predicted octanol–water partition coefficient (Wildman–Crippen LogP) is 1.46. The molecule has 0 unspecified atom stereocenters. The number of hydrogen-bond acceptors (Lipinski definition) is 5. The molecule has 9 nitrogen and oxygen atoms in total. The number of rotatable bonds is 6. The van der Waals surface area contributed by atoms with Crippen LogP contribution in [0.1, 0.15) is 5.56 Å². The molecule has 0 aliphatic carbocycles. The molecule has 0 bridgehead atoms. The summed E-state index contributed by atoms with van der Waals surface area (Å²) in [6.07, 6.45) is 0. The second kappa shape index (κ2) is 8.38. The van der Waals surface area contributed by atoms with Crippen molar-refractivity contribution in [3.8, 4) is 5.75 Å². The van der Waals surface area contributed by atoms with E-state index in [-0.39, 0.29) is 40.6 Å². The van der Waals surface area contributed by atoms with Gasteiger partial charge in [0.2, 0.25) is 5.91 Å². The Kier molecular flexibility index (Phi) is 6.06. The molecule has 30 heavy (non-hydrogen) atoms. The molecule has 0 saturated carbocycles. The Labute approximate surface area is 177 Å². The standard InChI is InChI=1S/C18H18BrF2N5O4/c1-23(8-10-4-6-11(7-5-10)30-17(20)21)12(27)9-26-14-13(22-16(26)19)15(28)25(3)18(29)24(14)2/h4-7,17H,8-9H2,1-3H3. The zero-order valence-electron chi connectivity index (χ0n) is 16.3. The molecule has 12 heteroatoms. The summed E-state index contributed by atoms with van der Waals surface area (Å²) < 4.78 is 32.6. The van der Waals surface area contributed by atoms with Crippen LogP contribution in [0.5, 0.6) is 5.75 Å². The largest absolute Gasteiger partial charge is 0.435 e. The average Bonchev–Trinajstić information content (AvgIpc) is 3.02. The van der Waals surface area contributed by atoms with Crippen LogP contribution in [0.3, 0.4) is 0 Å². The fourth-order valence-electron chi connectivity index (χ4n) is 3.00. The molecule has 2 aromatic heterocycles. The lowest BCUT2D eigenvalue weighted by atomic mass is 10.2. The summed E-state index contributed by atoms with van der Waals surface area (Å²) >= 11 is 3.24. The van der Waals surface area contributed by atoms with Gasteiger partial charge in [0.25, 0.3) is 5.56 Å². The normalized spacial score (nSPS) is 11.3. The van der Waals surface area contributed by atoms with E-state index in [0.717, 1.165) is 4.57 Å². The Morgan fingerprint density at radius 3 is 2.43 bits per heavy atom.